The highest BCUT2D eigenvalue weighted by molar-refractivity contribution is 8.76. The number of carbonyl (C=O) groups is 15. The number of phenolic OH excluding ortho intramolecular Hbond substituents is 2. The minimum atomic E-state index is -2.03. The van der Waals surface area contributed by atoms with E-state index in [0.717, 1.165) is 35.4 Å². The number of aliphatic hydroxyl groups is 2. The number of aromatic amines is 2. The van der Waals surface area contributed by atoms with E-state index in [1.165, 1.54) is 67.3 Å². The fourth-order valence-electron chi connectivity index (χ4n) is 11.4. The Morgan fingerprint density at radius 3 is 1.52 bits per heavy atom. The molecule has 40 nitrogen and oxygen atoms in total. The molecule has 0 unspecified atom stereocenters. The monoisotopic (exact) mass is 1600 g/mol. The first-order valence-electron chi connectivity index (χ1n) is 35.2. The van der Waals surface area contributed by atoms with Crippen molar-refractivity contribution in [2.24, 2.45) is 28.9 Å². The van der Waals surface area contributed by atoms with Crippen molar-refractivity contribution in [3.8, 4) is 11.5 Å². The number of aliphatic hydroxyl groups excluding tert-OH is 2. The van der Waals surface area contributed by atoms with E-state index >= 15 is 0 Å². The summed E-state index contributed by atoms with van der Waals surface area (Å²) >= 11 is 0. The third-order valence-electron chi connectivity index (χ3n) is 17.2. The summed E-state index contributed by atoms with van der Waals surface area (Å²) in [6.45, 7) is 4.23. The van der Waals surface area contributed by atoms with Crippen LogP contribution in [0, 0.1) is 11.3 Å². The number of rotatable bonds is 22. The van der Waals surface area contributed by atoms with Crippen LogP contribution in [0.2, 0.25) is 0 Å². The Kier molecular flexibility index (Phi) is 34.4. The maximum Gasteiger partial charge on any atom is 0.245 e. The summed E-state index contributed by atoms with van der Waals surface area (Å²) in [5.74, 6) is -18.9. The van der Waals surface area contributed by atoms with Gasteiger partial charge in [0, 0.05) is 74.0 Å². The molecule has 1 aliphatic rings. The number of primary amides is 3. The van der Waals surface area contributed by atoms with Crippen LogP contribution in [0.5, 0.6) is 11.5 Å². The number of H-pyrrole nitrogens is 2. The van der Waals surface area contributed by atoms with E-state index in [4.69, 9.17) is 28.3 Å². The number of fused-ring (bicyclic) bond motifs is 1. The van der Waals surface area contributed by atoms with Crippen molar-refractivity contribution in [3.63, 3.8) is 0 Å². The summed E-state index contributed by atoms with van der Waals surface area (Å²) in [5.41, 5.74) is 24.1. The van der Waals surface area contributed by atoms with Gasteiger partial charge < -0.3 is 122 Å². The highest BCUT2D eigenvalue weighted by atomic mass is 33.1. The molecule has 0 aliphatic carbocycles. The fourth-order valence-corrected chi connectivity index (χ4v) is 13.8. The van der Waals surface area contributed by atoms with E-state index in [1.807, 2.05) is 0 Å². The number of benzene rings is 3. The van der Waals surface area contributed by atoms with Gasteiger partial charge in [-0.2, -0.15) is 0 Å². The minimum absolute atomic E-state index is 0.0195. The van der Waals surface area contributed by atoms with Gasteiger partial charge in [0.1, 0.15) is 84.0 Å². The number of hydrogen-bond acceptors (Lipinski definition) is 23. The van der Waals surface area contributed by atoms with Crippen LogP contribution >= 0.6 is 21.6 Å². The van der Waals surface area contributed by atoms with Gasteiger partial charge in [0.05, 0.1) is 37.6 Å². The quantitative estimate of drug-likeness (QED) is 0.0133. The zero-order chi connectivity index (χ0) is 82.5. The molecule has 0 spiro atoms. The molecule has 0 radical (unpaired) electrons. The summed E-state index contributed by atoms with van der Waals surface area (Å²) in [5, 5.41) is 83.0. The Balaban J connectivity index is 1.46. The smallest absolute Gasteiger partial charge is 0.245 e. The van der Waals surface area contributed by atoms with E-state index in [9.17, 15) is 92.3 Å². The molecule has 1 aliphatic heterocycles. The SMILES string of the molecule is CC(=O)N[C@H]1CSSC[C@@H](C(N)=O)NC(=O)[C@H](CC(N)=O)NC(=O)[C@H](CC(C)C)NC(=O)[C@H](CC(N)=O)NC(=O)[C@H](Cc2c[nH]c3ccccc23)NC(=O)[C@H]([C@@H](C)O)NC(=O)[C@H](Cc2ccc(O)cc2)NC(=O)[C@H](Cc2ccc(O)cc2)NC(=O)[C@H](CO)NC(=O)[C@H](CCCNC(=N)N)NC(=O)[C@H](Cc2c[nH]cn2)NC1=O. The normalized spacial score (nSPS) is 23.5. The van der Waals surface area contributed by atoms with Crippen LogP contribution in [0.1, 0.15) is 82.2 Å². The average Bonchev–Trinajstić information content (AvgIpc) is 1.53. The van der Waals surface area contributed by atoms with Crippen LogP contribution in [0.3, 0.4) is 0 Å². The summed E-state index contributed by atoms with van der Waals surface area (Å²) < 4.78 is 0. The number of guanidine groups is 1. The number of phenols is 2. The van der Waals surface area contributed by atoms with E-state index in [2.05, 4.69) is 84.1 Å². The molecule has 2 aromatic heterocycles. The predicted molar refractivity (Wildman–Crippen MR) is 406 cm³/mol. The molecule has 0 bridgehead atoms. The number of amides is 15. The molecule has 42 heteroatoms. The summed E-state index contributed by atoms with van der Waals surface area (Å²) in [7, 11) is 1.70. The Labute approximate surface area is 649 Å². The van der Waals surface area contributed by atoms with E-state index in [1.54, 1.807) is 38.1 Å². The lowest BCUT2D eigenvalue weighted by atomic mass is 10.0. The second kappa shape index (κ2) is 43.4. The van der Waals surface area contributed by atoms with Gasteiger partial charge in [-0.25, -0.2) is 4.98 Å². The Hall–Kier alpha value is -12.0. The molecule has 3 heterocycles. The van der Waals surface area contributed by atoms with E-state index < -0.39 is 218 Å². The van der Waals surface area contributed by atoms with Crippen LogP contribution in [0.25, 0.3) is 10.9 Å². The Morgan fingerprint density at radius 1 is 0.545 bits per heavy atom. The lowest BCUT2D eigenvalue weighted by molar-refractivity contribution is -0.137. The van der Waals surface area contributed by atoms with Crippen LogP contribution in [-0.2, 0) is 97.6 Å². The number of carbonyl (C=O) groups excluding carboxylic acids is 15. The van der Waals surface area contributed by atoms with Crippen LogP contribution < -0.4 is 92.1 Å². The van der Waals surface area contributed by atoms with Gasteiger partial charge in [-0.15, -0.1) is 0 Å². The maximum atomic E-state index is 15.0. The van der Waals surface area contributed by atoms with Crippen LogP contribution in [-0.4, -0.2) is 233 Å². The lowest BCUT2D eigenvalue weighted by Crippen LogP contribution is -2.63. The van der Waals surface area contributed by atoms with Crippen molar-refractivity contribution in [2.45, 2.75) is 164 Å². The lowest BCUT2D eigenvalue weighted by Gasteiger charge is -2.29. The zero-order valence-corrected chi connectivity index (χ0v) is 63.1. The van der Waals surface area contributed by atoms with Gasteiger partial charge >= 0.3 is 0 Å². The second-order valence-electron chi connectivity index (χ2n) is 26.8. The van der Waals surface area contributed by atoms with Crippen molar-refractivity contribution < 1.29 is 92.3 Å². The number of nitrogens with two attached hydrogens (primary N) is 4. The van der Waals surface area contributed by atoms with Gasteiger partial charge in [0.25, 0.3) is 0 Å². The summed E-state index contributed by atoms with van der Waals surface area (Å²) in [4.78, 5) is 222. The topological polar surface area (TPSA) is 666 Å². The average molecular weight is 1600 g/mol. The van der Waals surface area contributed by atoms with Crippen molar-refractivity contribution in [1.29, 1.82) is 5.41 Å². The first kappa shape index (κ1) is 88.8. The maximum absolute atomic E-state index is 15.0. The molecule has 1 saturated heterocycles. The molecular weight excluding hydrogens is 1500 g/mol. The first-order chi connectivity index (χ1) is 53.1. The van der Waals surface area contributed by atoms with Crippen molar-refractivity contribution in [3.05, 3.63) is 114 Å². The van der Waals surface area contributed by atoms with Crippen LogP contribution in [0.4, 0.5) is 0 Å². The van der Waals surface area contributed by atoms with E-state index in [0.29, 0.717) is 16.5 Å². The largest absolute Gasteiger partial charge is 0.508 e. The molecule has 606 valence electrons. The number of hydrogen-bond donors (Lipinski definition) is 24. The molecule has 15 amide bonds. The molecule has 13 atom stereocenters. The molecule has 0 saturated carbocycles. The third-order valence-corrected chi connectivity index (χ3v) is 19.6. The number of para-hydroxylation sites is 1. The predicted octanol–water partition coefficient (Wildman–Crippen LogP) is -6.28. The number of imidazole rings is 1. The standard InChI is InChI=1S/C70H95N21O19S2/c1-33(2)20-45-60(101)86-51(26-56(72)98)65(106)90-53(58(73)99)30-111-112-31-54(80-35(4)94)68(109)85-49(24-39-28-76-32-79-39)63(104)81-44(10-7-19-77-70(74)75)59(100)89-52(29-92)67(108)84-46(21-36-11-15-40(95)16-12-36)61(102)83-47(22-37-13-17-41(96)18-14-37)66(107)91-57(34(3)93)69(110)88-48(23-38-27-78-43-9-6-5-8-42(38)43)62(103)87-50(25-55(71)97)64(105)82-45/h5-6,8-9,11-18,27-28,32-34,44-54,57,78,92-93,95-96H,7,10,19-26,29-31H2,1-4H3,(H2,71,97)(H2,72,98)(H2,73,99)(H,76,79)(H,80,94)(H,81,104)(H,82,105)(H,83,102)(H,84,108)(H,85,109)(H,86,101)(H,87,103)(H,88,110)(H,89,100)(H,90,106)(H,91,107)(H4,74,75,77)/t34-,44+,45+,46+,47+,48+,49+,50+,51+,52+,53+,54+,57+/m1/s1. The van der Waals surface area contributed by atoms with Gasteiger partial charge in [-0.1, -0.05) is 77.9 Å². The number of aromatic hydroxyl groups is 2. The highest BCUT2D eigenvalue weighted by Gasteiger charge is 2.39. The zero-order valence-electron chi connectivity index (χ0n) is 61.4. The summed E-state index contributed by atoms with van der Waals surface area (Å²) in [6.07, 6.45) is -1.75. The number of nitrogens with one attached hydrogen (secondary N) is 16. The van der Waals surface area contributed by atoms with Crippen molar-refractivity contribution >= 4 is 127 Å². The van der Waals surface area contributed by atoms with E-state index in [-0.39, 0.29) is 72.1 Å². The highest BCUT2D eigenvalue weighted by Crippen LogP contribution is 2.25. The number of aromatic nitrogens is 3. The van der Waals surface area contributed by atoms with Crippen molar-refractivity contribution in [2.75, 3.05) is 24.7 Å². The minimum Gasteiger partial charge on any atom is -0.508 e. The molecule has 28 N–H and O–H groups in total. The molecule has 112 heavy (non-hydrogen) atoms. The summed E-state index contributed by atoms with van der Waals surface area (Å²) in [6, 6.07) is -3.85. The van der Waals surface area contributed by atoms with Gasteiger partial charge in [-0.05, 0) is 79.1 Å². The third kappa shape index (κ3) is 28.7. The molecular formula is C70H95N21O19S2. The second-order valence-corrected chi connectivity index (χ2v) is 29.3. The van der Waals surface area contributed by atoms with Gasteiger partial charge in [0.15, 0.2) is 5.96 Å². The van der Waals surface area contributed by atoms with Gasteiger partial charge in [-0.3, -0.25) is 77.3 Å². The molecule has 5 aromatic rings. The van der Waals surface area contributed by atoms with Gasteiger partial charge in [0.2, 0.25) is 88.6 Å². The van der Waals surface area contributed by atoms with Crippen molar-refractivity contribution in [1.82, 2.24) is 84.1 Å². The molecule has 1 fully saturated rings. The number of nitrogens with zero attached hydrogens (tertiary/aromatic N) is 1. The fraction of sp³-hybridized carbons (Fsp3) is 0.443. The molecule has 6 rings (SSSR count). The Bertz CT molecular complexity index is 4170. The molecule has 3 aromatic carbocycles. The van der Waals surface area contributed by atoms with Crippen LogP contribution in [0.15, 0.2) is 91.5 Å². The first-order valence-corrected chi connectivity index (χ1v) is 37.7. The Morgan fingerprint density at radius 2 is 1.00 bits per heavy atom.